The van der Waals surface area contributed by atoms with Gasteiger partial charge in [-0.05, 0) is 36.4 Å². The predicted molar refractivity (Wildman–Crippen MR) is 92.7 cm³/mol. The Morgan fingerprint density at radius 1 is 1.04 bits per heavy atom. The number of alkyl halides is 3. The SMILES string of the molecule is O=C(NNS(=O)(=O)c1ccccc1OC(F)(F)F)c1ccc2ncccc2c1. The molecule has 0 unspecified atom stereocenters. The van der Waals surface area contributed by atoms with Crippen molar-refractivity contribution < 1.29 is 31.1 Å². The van der Waals surface area contributed by atoms with Gasteiger partial charge < -0.3 is 4.74 Å². The van der Waals surface area contributed by atoms with Crippen LogP contribution in [-0.4, -0.2) is 25.7 Å². The number of hydrogen-bond donors (Lipinski definition) is 2. The number of amides is 1. The van der Waals surface area contributed by atoms with Crippen molar-refractivity contribution in [1.82, 2.24) is 15.2 Å². The summed E-state index contributed by atoms with van der Waals surface area (Å²) in [7, 11) is -4.53. The maximum atomic E-state index is 12.5. The highest BCUT2D eigenvalue weighted by Gasteiger charge is 2.34. The van der Waals surface area contributed by atoms with Crippen LogP contribution in [0.1, 0.15) is 10.4 Å². The Kier molecular flexibility index (Phi) is 5.21. The monoisotopic (exact) mass is 411 g/mol. The second kappa shape index (κ2) is 7.44. The largest absolute Gasteiger partial charge is 0.573 e. The van der Waals surface area contributed by atoms with Gasteiger partial charge in [-0.2, -0.15) is 0 Å². The van der Waals surface area contributed by atoms with Crippen molar-refractivity contribution in [2.24, 2.45) is 0 Å². The fourth-order valence-electron chi connectivity index (χ4n) is 2.34. The number of sulfonamides is 1. The lowest BCUT2D eigenvalue weighted by Gasteiger charge is -2.14. The van der Waals surface area contributed by atoms with Crippen LogP contribution in [-0.2, 0) is 10.0 Å². The van der Waals surface area contributed by atoms with E-state index in [9.17, 15) is 26.4 Å². The van der Waals surface area contributed by atoms with Crippen molar-refractivity contribution >= 4 is 26.8 Å². The average Bonchev–Trinajstić information content (AvgIpc) is 2.65. The van der Waals surface area contributed by atoms with E-state index in [1.165, 1.54) is 24.3 Å². The second-order valence-electron chi connectivity index (χ2n) is 5.47. The minimum absolute atomic E-state index is 0.128. The van der Waals surface area contributed by atoms with Crippen LogP contribution in [0.15, 0.2) is 65.7 Å². The number of para-hydroxylation sites is 1. The van der Waals surface area contributed by atoms with Crippen molar-refractivity contribution in [2.45, 2.75) is 11.3 Å². The zero-order valence-corrected chi connectivity index (χ0v) is 14.7. The number of carbonyl (C=O) groups excluding carboxylic acids is 1. The molecule has 1 amide bonds. The molecule has 146 valence electrons. The standard InChI is InChI=1S/C17H12F3N3O4S/c18-17(19,20)27-14-5-1-2-6-15(14)28(25,26)23-22-16(24)12-7-8-13-11(10-12)4-3-9-21-13/h1-10,23H,(H,22,24). The lowest BCUT2D eigenvalue weighted by molar-refractivity contribution is -0.275. The molecule has 2 N–H and O–H groups in total. The molecular weight excluding hydrogens is 399 g/mol. The lowest BCUT2D eigenvalue weighted by atomic mass is 10.1. The first-order valence-corrected chi connectivity index (χ1v) is 9.16. The smallest absolute Gasteiger partial charge is 0.404 e. The maximum absolute atomic E-state index is 12.5. The molecule has 7 nitrogen and oxygen atoms in total. The van der Waals surface area contributed by atoms with Gasteiger partial charge in [-0.3, -0.25) is 15.2 Å². The fraction of sp³-hybridized carbons (Fsp3) is 0.0588. The van der Waals surface area contributed by atoms with Gasteiger partial charge in [0, 0.05) is 17.1 Å². The quantitative estimate of drug-likeness (QED) is 0.630. The van der Waals surface area contributed by atoms with Gasteiger partial charge in [0.25, 0.3) is 15.9 Å². The number of nitrogens with zero attached hydrogens (tertiary/aromatic N) is 1. The molecule has 11 heteroatoms. The van der Waals surface area contributed by atoms with Crippen LogP contribution in [0.3, 0.4) is 0 Å². The topological polar surface area (TPSA) is 97.4 Å². The van der Waals surface area contributed by atoms with E-state index in [2.05, 4.69) is 9.72 Å². The fourth-order valence-corrected chi connectivity index (χ4v) is 3.31. The molecule has 0 aliphatic rings. The second-order valence-corrected chi connectivity index (χ2v) is 7.12. The van der Waals surface area contributed by atoms with E-state index >= 15 is 0 Å². The number of nitrogens with one attached hydrogen (secondary N) is 2. The Morgan fingerprint density at radius 2 is 1.79 bits per heavy atom. The number of aromatic nitrogens is 1. The molecule has 0 aliphatic heterocycles. The van der Waals surface area contributed by atoms with Crippen molar-refractivity contribution in [2.75, 3.05) is 0 Å². The first-order valence-electron chi connectivity index (χ1n) is 7.67. The van der Waals surface area contributed by atoms with Crippen LogP contribution >= 0.6 is 0 Å². The van der Waals surface area contributed by atoms with Crippen LogP contribution in [0.25, 0.3) is 10.9 Å². The predicted octanol–water partition coefficient (Wildman–Crippen LogP) is 2.76. The van der Waals surface area contributed by atoms with Crippen LogP contribution < -0.4 is 15.0 Å². The van der Waals surface area contributed by atoms with Gasteiger partial charge in [0.1, 0.15) is 10.6 Å². The molecule has 28 heavy (non-hydrogen) atoms. The zero-order valence-electron chi connectivity index (χ0n) is 13.9. The number of ether oxygens (including phenoxy) is 1. The molecule has 0 fully saturated rings. The van der Waals surface area contributed by atoms with Crippen LogP contribution in [0, 0.1) is 0 Å². The van der Waals surface area contributed by atoms with E-state index in [4.69, 9.17) is 0 Å². The van der Waals surface area contributed by atoms with Crippen LogP contribution in [0.4, 0.5) is 13.2 Å². The number of halogens is 3. The molecular formula is C17H12F3N3O4S. The minimum atomic E-state index is -5.08. The molecule has 0 radical (unpaired) electrons. The molecule has 0 spiro atoms. The summed E-state index contributed by atoms with van der Waals surface area (Å²) < 4.78 is 65.7. The van der Waals surface area contributed by atoms with Gasteiger partial charge in [-0.15, -0.1) is 18.0 Å². The van der Waals surface area contributed by atoms with Gasteiger partial charge >= 0.3 is 6.36 Å². The number of benzene rings is 2. The van der Waals surface area contributed by atoms with E-state index in [0.29, 0.717) is 10.9 Å². The summed E-state index contributed by atoms with van der Waals surface area (Å²) in [5, 5.41) is 0.655. The summed E-state index contributed by atoms with van der Waals surface area (Å²) in [6.45, 7) is 0. The Labute approximate surface area is 157 Å². The molecule has 1 aromatic heterocycles. The Hall–Kier alpha value is -3.18. The highest BCUT2D eigenvalue weighted by Crippen LogP contribution is 2.29. The minimum Gasteiger partial charge on any atom is -0.404 e. The number of hydrazine groups is 1. The van der Waals surface area contributed by atoms with Gasteiger partial charge in [0.05, 0.1) is 5.52 Å². The highest BCUT2D eigenvalue weighted by molar-refractivity contribution is 7.89. The summed E-state index contributed by atoms with van der Waals surface area (Å²) in [6, 6.07) is 12.0. The van der Waals surface area contributed by atoms with E-state index in [0.717, 1.165) is 12.1 Å². The molecule has 3 aromatic rings. The number of fused-ring (bicyclic) bond motifs is 1. The van der Waals surface area contributed by atoms with Crippen molar-refractivity contribution in [1.29, 1.82) is 0 Å². The summed E-state index contributed by atoms with van der Waals surface area (Å²) in [5.74, 6) is -1.72. The molecule has 0 saturated heterocycles. The Morgan fingerprint density at radius 3 is 2.54 bits per heavy atom. The molecule has 0 bridgehead atoms. The molecule has 1 heterocycles. The van der Waals surface area contributed by atoms with Crippen LogP contribution in [0.2, 0.25) is 0 Å². The molecule has 0 aliphatic carbocycles. The third-order valence-electron chi connectivity index (χ3n) is 3.53. The number of hydrogen-bond acceptors (Lipinski definition) is 5. The van der Waals surface area contributed by atoms with E-state index in [-0.39, 0.29) is 5.56 Å². The van der Waals surface area contributed by atoms with Gasteiger partial charge in [-0.25, -0.2) is 8.42 Å². The third kappa shape index (κ3) is 4.56. The number of rotatable bonds is 5. The molecule has 0 atom stereocenters. The van der Waals surface area contributed by atoms with Crippen LogP contribution in [0.5, 0.6) is 5.75 Å². The maximum Gasteiger partial charge on any atom is 0.573 e. The van der Waals surface area contributed by atoms with E-state index in [1.807, 2.05) is 5.43 Å². The summed E-state index contributed by atoms with van der Waals surface area (Å²) >= 11 is 0. The van der Waals surface area contributed by atoms with Gasteiger partial charge in [-0.1, -0.05) is 18.2 Å². The molecule has 3 rings (SSSR count). The Balaban J connectivity index is 1.78. The van der Waals surface area contributed by atoms with E-state index in [1.54, 1.807) is 29.2 Å². The Bertz CT molecular complexity index is 1130. The third-order valence-corrected chi connectivity index (χ3v) is 4.82. The highest BCUT2D eigenvalue weighted by atomic mass is 32.2. The van der Waals surface area contributed by atoms with Gasteiger partial charge in [0.15, 0.2) is 0 Å². The first kappa shape index (κ1) is 19.6. The zero-order chi connectivity index (χ0) is 20.4. The van der Waals surface area contributed by atoms with Gasteiger partial charge in [0.2, 0.25) is 0 Å². The lowest BCUT2D eigenvalue weighted by Crippen LogP contribution is -2.41. The normalized spacial score (nSPS) is 12.0. The van der Waals surface area contributed by atoms with Crippen molar-refractivity contribution in [3.05, 3.63) is 66.4 Å². The number of pyridine rings is 1. The first-order chi connectivity index (χ1) is 13.2. The molecule has 0 saturated carbocycles. The number of carbonyl (C=O) groups is 1. The summed E-state index contributed by atoms with van der Waals surface area (Å²) in [5.41, 5.74) is 2.72. The van der Waals surface area contributed by atoms with Crippen molar-refractivity contribution in [3.8, 4) is 5.75 Å². The average molecular weight is 411 g/mol. The van der Waals surface area contributed by atoms with Crippen molar-refractivity contribution in [3.63, 3.8) is 0 Å². The summed E-state index contributed by atoms with van der Waals surface area (Å²) in [4.78, 5) is 17.3. The summed E-state index contributed by atoms with van der Waals surface area (Å²) in [6.07, 6.45) is -3.50. The molecule has 2 aromatic carbocycles. The van der Waals surface area contributed by atoms with E-state index < -0.39 is 32.9 Å².